The van der Waals surface area contributed by atoms with E-state index in [2.05, 4.69) is 32.2 Å². The summed E-state index contributed by atoms with van der Waals surface area (Å²) in [6.07, 6.45) is 3.85. The Morgan fingerprint density at radius 2 is 1.72 bits per heavy atom. The monoisotopic (exact) mass is 619 g/mol. The van der Waals surface area contributed by atoms with Gasteiger partial charge in [-0.05, 0) is 67.9 Å². The molecule has 0 unspecified atom stereocenters. The number of fused-ring (bicyclic) bond motifs is 3. The molecule has 43 heavy (non-hydrogen) atoms. The number of rotatable bonds is 6. The van der Waals surface area contributed by atoms with Crippen LogP contribution in [0.25, 0.3) is 16.9 Å². The number of aryl methyl sites for hydroxylation is 1. The maximum atomic E-state index is 13.5. The number of anilines is 2. The first-order chi connectivity index (χ1) is 20.5. The van der Waals surface area contributed by atoms with Gasteiger partial charge in [-0.3, -0.25) is 9.59 Å². The van der Waals surface area contributed by atoms with Crippen LogP contribution in [-0.4, -0.2) is 79.4 Å². The second kappa shape index (κ2) is 11.1. The molecule has 2 aromatic carbocycles. The van der Waals surface area contributed by atoms with Crippen molar-refractivity contribution < 1.29 is 18.0 Å². The van der Waals surface area contributed by atoms with Crippen molar-refractivity contribution in [2.75, 3.05) is 49.7 Å². The summed E-state index contributed by atoms with van der Waals surface area (Å²) in [5.41, 5.74) is 10.4. The number of nitrogens with one attached hydrogen (secondary N) is 1. The van der Waals surface area contributed by atoms with E-state index in [0.29, 0.717) is 46.9 Å². The third-order valence-corrected chi connectivity index (χ3v) is 9.34. The molecule has 2 aliphatic rings. The zero-order valence-corrected chi connectivity index (χ0v) is 25.2. The van der Waals surface area contributed by atoms with Crippen molar-refractivity contribution in [2.24, 2.45) is 5.73 Å². The highest BCUT2D eigenvalue weighted by atomic mass is 35.5. The van der Waals surface area contributed by atoms with E-state index in [9.17, 15) is 18.0 Å². The summed E-state index contributed by atoms with van der Waals surface area (Å²) in [6, 6.07) is 13.6. The molecule has 0 radical (unpaired) electrons. The number of hydrogen-bond acceptors (Lipinski definition) is 8. The third-order valence-electron chi connectivity index (χ3n) is 7.91. The van der Waals surface area contributed by atoms with Crippen LogP contribution in [0.5, 0.6) is 0 Å². The van der Waals surface area contributed by atoms with E-state index in [4.69, 9.17) is 17.3 Å². The topological polar surface area (TPSA) is 144 Å². The summed E-state index contributed by atoms with van der Waals surface area (Å²) in [5, 5.41) is 7.75. The summed E-state index contributed by atoms with van der Waals surface area (Å²) < 4.78 is 25.6. The lowest BCUT2D eigenvalue weighted by molar-refractivity contribution is 0.0992. The number of likely N-dealkylation sites (N-methyl/N-ethyl adjacent to an activating group) is 1. The molecule has 2 aromatic heterocycles. The Kier molecular flexibility index (Phi) is 7.45. The fourth-order valence-corrected chi connectivity index (χ4v) is 6.36. The van der Waals surface area contributed by atoms with Crippen LogP contribution in [0.4, 0.5) is 11.5 Å². The molecule has 0 spiro atoms. The summed E-state index contributed by atoms with van der Waals surface area (Å²) in [4.78, 5) is 34.8. The van der Waals surface area contributed by atoms with Crippen molar-refractivity contribution in [2.45, 2.75) is 17.7 Å². The number of sulfone groups is 1. The van der Waals surface area contributed by atoms with Crippen molar-refractivity contribution in [3.05, 3.63) is 82.1 Å². The van der Waals surface area contributed by atoms with Gasteiger partial charge in [-0.25, -0.2) is 18.1 Å². The molecule has 6 rings (SSSR count). The molecule has 222 valence electrons. The molecule has 1 aliphatic carbocycles. The summed E-state index contributed by atoms with van der Waals surface area (Å²) in [6.45, 7) is 3.41. The fourth-order valence-electron chi connectivity index (χ4n) is 5.54. The number of carbonyl (C=O) groups is 2. The first-order valence-corrected chi connectivity index (χ1v) is 16.0. The molecule has 0 bridgehead atoms. The van der Waals surface area contributed by atoms with E-state index in [1.807, 2.05) is 18.2 Å². The molecule has 1 fully saturated rings. The van der Waals surface area contributed by atoms with Crippen molar-refractivity contribution in [1.82, 2.24) is 19.7 Å². The lowest BCUT2D eigenvalue weighted by Gasteiger charge is -2.33. The third kappa shape index (κ3) is 5.61. The molecular formula is C30H30ClN7O4S. The average molecular weight is 620 g/mol. The number of pyridine rings is 1. The second-order valence-corrected chi connectivity index (χ2v) is 13.3. The number of amides is 2. The van der Waals surface area contributed by atoms with Crippen LogP contribution < -0.4 is 16.0 Å². The molecule has 3 N–H and O–H groups in total. The molecule has 2 amide bonds. The number of halogens is 1. The highest BCUT2D eigenvalue weighted by molar-refractivity contribution is 7.90. The van der Waals surface area contributed by atoms with E-state index in [0.717, 1.165) is 43.6 Å². The van der Waals surface area contributed by atoms with Crippen LogP contribution in [0.2, 0.25) is 5.02 Å². The van der Waals surface area contributed by atoms with Gasteiger partial charge in [0.25, 0.3) is 11.8 Å². The quantitative estimate of drug-likeness (QED) is 0.335. The predicted octanol–water partition coefficient (Wildman–Crippen LogP) is 3.19. The molecule has 1 aliphatic heterocycles. The molecule has 0 saturated carbocycles. The molecule has 1 saturated heterocycles. The van der Waals surface area contributed by atoms with E-state index in [1.165, 1.54) is 18.3 Å². The van der Waals surface area contributed by atoms with Crippen LogP contribution >= 0.6 is 11.6 Å². The number of nitrogens with zero attached hydrogens (tertiary/aromatic N) is 5. The summed E-state index contributed by atoms with van der Waals surface area (Å²) in [7, 11) is -1.32. The second-order valence-electron chi connectivity index (χ2n) is 10.9. The van der Waals surface area contributed by atoms with Gasteiger partial charge >= 0.3 is 0 Å². The Labute approximate surface area is 254 Å². The molecule has 0 atom stereocenters. The van der Waals surface area contributed by atoms with E-state index >= 15 is 0 Å². The minimum Gasteiger partial charge on any atom is -0.364 e. The van der Waals surface area contributed by atoms with Crippen molar-refractivity contribution >= 4 is 44.8 Å². The number of primary amides is 1. The van der Waals surface area contributed by atoms with E-state index in [1.54, 1.807) is 22.9 Å². The molecule has 4 aromatic rings. The number of aromatic nitrogens is 3. The largest absolute Gasteiger partial charge is 0.364 e. The Morgan fingerprint density at radius 3 is 2.40 bits per heavy atom. The number of carbonyl (C=O) groups excluding carboxylic acids is 2. The van der Waals surface area contributed by atoms with Crippen LogP contribution in [0.15, 0.2) is 59.6 Å². The normalized spacial score (nSPS) is 15.1. The van der Waals surface area contributed by atoms with Gasteiger partial charge in [0.2, 0.25) is 0 Å². The summed E-state index contributed by atoms with van der Waals surface area (Å²) >= 11 is 6.42. The van der Waals surface area contributed by atoms with Crippen LogP contribution in [0.3, 0.4) is 0 Å². The zero-order valence-electron chi connectivity index (χ0n) is 23.7. The van der Waals surface area contributed by atoms with E-state index in [-0.39, 0.29) is 21.5 Å². The molecular weight excluding hydrogens is 590 g/mol. The average Bonchev–Trinajstić information content (AvgIpc) is 3.38. The highest BCUT2D eigenvalue weighted by Gasteiger charge is 2.29. The Balaban J connectivity index is 1.35. The van der Waals surface area contributed by atoms with Crippen LogP contribution in [0, 0.1) is 0 Å². The maximum absolute atomic E-state index is 13.5. The lowest BCUT2D eigenvalue weighted by atomic mass is 9.88. The number of hydrogen-bond donors (Lipinski definition) is 2. The van der Waals surface area contributed by atoms with Gasteiger partial charge in [0.1, 0.15) is 5.82 Å². The van der Waals surface area contributed by atoms with Gasteiger partial charge in [-0.2, -0.15) is 5.10 Å². The maximum Gasteiger partial charge on any atom is 0.269 e. The highest BCUT2D eigenvalue weighted by Crippen LogP contribution is 2.38. The first-order valence-electron chi connectivity index (χ1n) is 13.8. The van der Waals surface area contributed by atoms with Crippen molar-refractivity contribution in [3.8, 4) is 16.9 Å². The Morgan fingerprint density at radius 1 is 1.00 bits per heavy atom. The van der Waals surface area contributed by atoms with Gasteiger partial charge in [-0.15, -0.1) is 0 Å². The number of nitrogens with two attached hydrogens (primary N) is 1. The van der Waals surface area contributed by atoms with Gasteiger partial charge in [0, 0.05) is 55.4 Å². The molecule has 11 nitrogen and oxygen atoms in total. The Bertz CT molecular complexity index is 1860. The minimum atomic E-state index is -3.39. The Hall–Kier alpha value is -4.26. The predicted molar refractivity (Wildman–Crippen MR) is 165 cm³/mol. The molecule has 13 heteroatoms. The minimum absolute atomic E-state index is 0.155. The van der Waals surface area contributed by atoms with Crippen molar-refractivity contribution in [3.63, 3.8) is 0 Å². The zero-order chi connectivity index (χ0) is 30.5. The fraction of sp³-hybridized carbons (Fsp3) is 0.267. The van der Waals surface area contributed by atoms with Crippen molar-refractivity contribution in [1.29, 1.82) is 0 Å². The number of piperazine rings is 1. The first kappa shape index (κ1) is 28.8. The van der Waals surface area contributed by atoms with Crippen LogP contribution in [0.1, 0.15) is 32.0 Å². The van der Waals surface area contributed by atoms with E-state index < -0.39 is 15.7 Å². The number of benzene rings is 2. The lowest BCUT2D eigenvalue weighted by Crippen LogP contribution is -2.44. The van der Waals surface area contributed by atoms with Gasteiger partial charge in [0.15, 0.2) is 15.5 Å². The van der Waals surface area contributed by atoms with Gasteiger partial charge < -0.3 is 20.9 Å². The summed E-state index contributed by atoms with van der Waals surface area (Å²) in [5.74, 6) is -0.330. The van der Waals surface area contributed by atoms with Gasteiger partial charge in [-0.1, -0.05) is 17.7 Å². The smallest absolute Gasteiger partial charge is 0.269 e. The van der Waals surface area contributed by atoms with Gasteiger partial charge in [0.05, 0.1) is 26.9 Å². The van der Waals surface area contributed by atoms with Crippen LogP contribution in [-0.2, 0) is 22.7 Å². The molecule has 3 heterocycles. The SMILES string of the molecule is CN1CCN(c2cc(C(=O)Nc3ccc4c(c3)-c3c(c(C(N)=O)nn3-c3ccc(S(C)(=O)=O)cc3)CC4)c(Cl)cn2)CC1. The standard InChI is InChI=1S/C30H30ClN7O4S/c1-36-11-13-37(14-12-36)26-16-24(25(31)17-33-26)30(40)34-19-5-3-18-4-10-22-27(29(32)39)35-38(28(22)23(18)15-19)20-6-8-21(9-7-20)43(2,41)42/h3,5-9,15-17H,4,10-14H2,1-2H3,(H2,32,39)(H,34,40).